The summed E-state index contributed by atoms with van der Waals surface area (Å²) < 4.78 is 15.4. The van der Waals surface area contributed by atoms with Crippen LogP contribution in [0, 0.1) is 31.0 Å². The minimum Gasteiger partial charge on any atom is -0.396 e. The number of hydrogen-bond donors (Lipinski definition) is 1. The molecule has 92 valence electrons. The van der Waals surface area contributed by atoms with Crippen LogP contribution >= 0.6 is 0 Å². The number of nitrogens with zero attached hydrogens (tertiary/aromatic N) is 3. The van der Waals surface area contributed by atoms with Gasteiger partial charge in [0.15, 0.2) is 0 Å². The smallest absolute Gasteiger partial charge is 0.129 e. The van der Waals surface area contributed by atoms with Crippen molar-refractivity contribution in [3.8, 4) is 6.07 Å². The molecule has 18 heavy (non-hydrogen) atoms. The fourth-order valence-electron chi connectivity index (χ4n) is 1.77. The lowest BCUT2D eigenvalue weighted by Gasteiger charge is -2.06. The lowest BCUT2D eigenvalue weighted by Crippen LogP contribution is -2.06. The van der Waals surface area contributed by atoms with Gasteiger partial charge in [0, 0.05) is 5.56 Å². The van der Waals surface area contributed by atoms with E-state index >= 15 is 0 Å². The Morgan fingerprint density at radius 1 is 1.44 bits per heavy atom. The van der Waals surface area contributed by atoms with E-state index in [-0.39, 0.29) is 0 Å². The van der Waals surface area contributed by atoms with Crippen molar-refractivity contribution in [2.45, 2.75) is 20.4 Å². The number of hydrogen-bond acceptors (Lipinski definition) is 3. The molecular weight excluding hydrogens is 231 g/mol. The molecule has 2 rings (SSSR count). The molecule has 0 saturated carbocycles. The summed E-state index contributed by atoms with van der Waals surface area (Å²) in [4.78, 5) is 0. The highest BCUT2D eigenvalue weighted by atomic mass is 19.1. The van der Waals surface area contributed by atoms with E-state index in [1.807, 2.05) is 19.9 Å². The number of aryl methyl sites for hydroxylation is 1. The predicted octanol–water partition coefficient (Wildman–Crippen LogP) is 2.14. The van der Waals surface area contributed by atoms with Crippen LogP contribution in [-0.2, 0) is 6.54 Å². The van der Waals surface area contributed by atoms with E-state index in [1.165, 1.54) is 6.07 Å². The first-order valence-corrected chi connectivity index (χ1v) is 5.51. The maximum absolute atomic E-state index is 13.7. The molecule has 0 spiro atoms. The van der Waals surface area contributed by atoms with Gasteiger partial charge in [-0.05, 0) is 26.0 Å². The molecular formula is C13H13FN4. The Kier molecular flexibility index (Phi) is 3.02. The van der Waals surface area contributed by atoms with Crippen LogP contribution < -0.4 is 5.73 Å². The minimum atomic E-state index is -0.403. The third kappa shape index (κ3) is 2.05. The monoisotopic (exact) mass is 244 g/mol. The summed E-state index contributed by atoms with van der Waals surface area (Å²) in [6, 6.07) is 6.32. The zero-order valence-electron chi connectivity index (χ0n) is 10.2. The Morgan fingerprint density at radius 2 is 2.17 bits per heavy atom. The fourth-order valence-corrected chi connectivity index (χ4v) is 1.77. The van der Waals surface area contributed by atoms with Gasteiger partial charge in [0.2, 0.25) is 0 Å². The molecule has 5 heteroatoms. The first-order valence-electron chi connectivity index (χ1n) is 5.51. The van der Waals surface area contributed by atoms with Crippen LogP contribution in [0.15, 0.2) is 18.2 Å². The van der Waals surface area contributed by atoms with Crippen LogP contribution in [0.2, 0.25) is 0 Å². The Morgan fingerprint density at radius 3 is 2.67 bits per heavy atom. The Balaban J connectivity index is 2.35. The Labute approximate surface area is 104 Å². The summed E-state index contributed by atoms with van der Waals surface area (Å²) in [6.07, 6.45) is 0. The van der Waals surface area contributed by atoms with Gasteiger partial charge in [0.25, 0.3) is 0 Å². The van der Waals surface area contributed by atoms with Gasteiger partial charge in [0.1, 0.15) is 5.82 Å². The van der Waals surface area contributed by atoms with E-state index in [1.54, 1.807) is 16.8 Å². The molecule has 0 amide bonds. The van der Waals surface area contributed by atoms with Crippen molar-refractivity contribution in [1.29, 1.82) is 5.26 Å². The summed E-state index contributed by atoms with van der Waals surface area (Å²) in [6.45, 7) is 3.96. The van der Waals surface area contributed by atoms with Crippen molar-refractivity contribution in [3.63, 3.8) is 0 Å². The second-order valence-corrected chi connectivity index (χ2v) is 4.16. The third-order valence-electron chi connectivity index (χ3n) is 2.94. The fraction of sp³-hybridized carbons (Fsp3) is 0.231. The highest BCUT2D eigenvalue weighted by Gasteiger charge is 2.10. The summed E-state index contributed by atoms with van der Waals surface area (Å²) in [5.41, 5.74) is 8.80. The zero-order valence-corrected chi connectivity index (χ0v) is 10.2. The van der Waals surface area contributed by atoms with Gasteiger partial charge in [-0.15, -0.1) is 0 Å². The van der Waals surface area contributed by atoms with Gasteiger partial charge in [-0.3, -0.25) is 4.68 Å². The minimum absolute atomic E-state index is 0.307. The lowest BCUT2D eigenvalue weighted by molar-refractivity contribution is 0.578. The van der Waals surface area contributed by atoms with Crippen LogP contribution in [0.4, 0.5) is 10.1 Å². The highest BCUT2D eigenvalue weighted by Crippen LogP contribution is 2.18. The number of aromatic nitrogens is 2. The maximum Gasteiger partial charge on any atom is 0.129 e. The molecule has 0 saturated heterocycles. The van der Waals surface area contributed by atoms with Crippen molar-refractivity contribution < 1.29 is 4.39 Å². The normalized spacial score (nSPS) is 10.3. The molecule has 0 aliphatic rings. The molecule has 2 aromatic rings. The molecule has 4 nitrogen and oxygen atoms in total. The molecule has 0 aliphatic carbocycles. The van der Waals surface area contributed by atoms with E-state index in [4.69, 9.17) is 11.0 Å². The van der Waals surface area contributed by atoms with Gasteiger partial charge in [0.05, 0.1) is 35.3 Å². The van der Waals surface area contributed by atoms with E-state index < -0.39 is 5.82 Å². The van der Waals surface area contributed by atoms with Crippen molar-refractivity contribution in [3.05, 3.63) is 46.5 Å². The van der Waals surface area contributed by atoms with Gasteiger partial charge < -0.3 is 5.73 Å². The molecule has 1 aromatic carbocycles. The Bertz CT molecular complexity index is 637. The number of nitrogen functional groups attached to an aromatic ring is 1. The summed E-state index contributed by atoms with van der Waals surface area (Å²) in [7, 11) is 0. The van der Waals surface area contributed by atoms with E-state index in [0.717, 1.165) is 11.4 Å². The van der Waals surface area contributed by atoms with Crippen LogP contribution in [0.5, 0.6) is 0 Å². The first kappa shape index (κ1) is 12.1. The standard InChI is InChI=1S/C13H13FN4/c1-8-13(16)9(2)18(17-8)7-11-4-3-10(6-15)5-12(11)14/h3-5H,7,16H2,1-2H3. The average molecular weight is 244 g/mol. The van der Waals surface area contributed by atoms with Crippen LogP contribution in [0.3, 0.4) is 0 Å². The third-order valence-corrected chi connectivity index (χ3v) is 2.94. The number of halogens is 1. The Hall–Kier alpha value is -2.35. The van der Waals surface area contributed by atoms with Crippen molar-refractivity contribution in [2.75, 3.05) is 5.73 Å². The summed E-state index contributed by atoms with van der Waals surface area (Å²) in [5.74, 6) is -0.403. The molecule has 1 heterocycles. The van der Waals surface area contributed by atoms with Crippen molar-refractivity contribution in [1.82, 2.24) is 9.78 Å². The number of rotatable bonds is 2. The second kappa shape index (κ2) is 4.49. The SMILES string of the molecule is Cc1nn(Cc2ccc(C#N)cc2F)c(C)c1N. The van der Waals surface area contributed by atoms with Gasteiger partial charge in [-0.2, -0.15) is 10.4 Å². The molecule has 2 N–H and O–H groups in total. The van der Waals surface area contributed by atoms with Crippen LogP contribution in [0.25, 0.3) is 0 Å². The van der Waals surface area contributed by atoms with E-state index in [0.29, 0.717) is 23.4 Å². The molecule has 0 aliphatic heterocycles. The number of nitrogens with two attached hydrogens (primary N) is 1. The number of anilines is 1. The molecule has 1 aromatic heterocycles. The molecule has 0 unspecified atom stereocenters. The second-order valence-electron chi connectivity index (χ2n) is 4.16. The molecule has 0 fully saturated rings. The van der Waals surface area contributed by atoms with Crippen LogP contribution in [-0.4, -0.2) is 9.78 Å². The van der Waals surface area contributed by atoms with E-state index in [2.05, 4.69) is 5.10 Å². The highest BCUT2D eigenvalue weighted by molar-refractivity contribution is 5.47. The molecule has 0 radical (unpaired) electrons. The quantitative estimate of drug-likeness (QED) is 0.880. The van der Waals surface area contributed by atoms with Gasteiger partial charge in [-0.1, -0.05) is 6.07 Å². The summed E-state index contributed by atoms with van der Waals surface area (Å²) in [5, 5.41) is 12.9. The van der Waals surface area contributed by atoms with Crippen molar-refractivity contribution >= 4 is 5.69 Å². The topological polar surface area (TPSA) is 67.6 Å². The maximum atomic E-state index is 13.7. The largest absolute Gasteiger partial charge is 0.396 e. The van der Waals surface area contributed by atoms with Gasteiger partial charge in [-0.25, -0.2) is 4.39 Å². The average Bonchev–Trinajstić information content (AvgIpc) is 2.59. The number of nitriles is 1. The van der Waals surface area contributed by atoms with Gasteiger partial charge >= 0.3 is 0 Å². The predicted molar refractivity (Wildman–Crippen MR) is 66.3 cm³/mol. The van der Waals surface area contributed by atoms with Crippen molar-refractivity contribution in [2.24, 2.45) is 0 Å². The summed E-state index contributed by atoms with van der Waals surface area (Å²) >= 11 is 0. The number of benzene rings is 1. The zero-order chi connectivity index (χ0) is 13.3. The first-order chi connectivity index (χ1) is 8.52. The lowest BCUT2D eigenvalue weighted by atomic mass is 10.1. The van der Waals surface area contributed by atoms with Crippen LogP contribution in [0.1, 0.15) is 22.5 Å². The van der Waals surface area contributed by atoms with E-state index in [9.17, 15) is 4.39 Å². The molecule has 0 bridgehead atoms. The molecule has 0 atom stereocenters.